The summed E-state index contributed by atoms with van der Waals surface area (Å²) in [6.45, 7) is 0.0621. The van der Waals surface area contributed by atoms with Gasteiger partial charge in [-0.2, -0.15) is 0 Å². The molecule has 0 amide bonds. The molecule has 1 saturated carbocycles. The van der Waals surface area contributed by atoms with Crippen molar-refractivity contribution < 1.29 is 24.6 Å². The van der Waals surface area contributed by atoms with Crippen molar-refractivity contribution in [3.8, 4) is 11.8 Å². The van der Waals surface area contributed by atoms with Crippen molar-refractivity contribution >= 4 is 6.16 Å². The van der Waals surface area contributed by atoms with Gasteiger partial charge >= 0.3 is 6.16 Å². The van der Waals surface area contributed by atoms with Crippen LogP contribution in [0.3, 0.4) is 0 Å². The van der Waals surface area contributed by atoms with Crippen molar-refractivity contribution in [1.82, 2.24) is 4.73 Å². The second kappa shape index (κ2) is 5.40. The van der Waals surface area contributed by atoms with Gasteiger partial charge in [0.2, 0.25) is 11.8 Å². The maximum atomic E-state index is 11.5. The lowest BCUT2D eigenvalue weighted by Crippen LogP contribution is -2.20. The molecule has 110 valence electrons. The molecule has 3 rings (SSSR count). The number of ether oxygens (including phenoxy) is 1. The Kier molecular flexibility index (Phi) is 3.43. The Morgan fingerprint density at radius 2 is 1.71 bits per heavy atom. The van der Waals surface area contributed by atoms with Gasteiger partial charge < -0.3 is 14.9 Å². The predicted octanol–water partition coefficient (Wildman–Crippen LogP) is 2.54. The highest BCUT2D eigenvalue weighted by Gasteiger charge is 2.23. The number of aromatic hydroxyl groups is 2. The lowest BCUT2D eigenvalue weighted by molar-refractivity contribution is 0.0310. The zero-order valence-electron chi connectivity index (χ0n) is 11.2. The molecule has 1 aliphatic rings. The summed E-state index contributed by atoms with van der Waals surface area (Å²) in [5.41, 5.74) is 2.15. The van der Waals surface area contributed by atoms with Crippen molar-refractivity contribution in [1.29, 1.82) is 0 Å². The monoisotopic (exact) mass is 289 g/mol. The van der Waals surface area contributed by atoms with Crippen molar-refractivity contribution in [2.75, 3.05) is 0 Å². The minimum atomic E-state index is -1.01. The van der Waals surface area contributed by atoms with Gasteiger partial charge in [-0.25, -0.2) is 4.79 Å². The molecular weight excluding hydrogens is 274 g/mol. The molecule has 1 aliphatic carbocycles. The maximum Gasteiger partial charge on any atom is 0.534 e. The van der Waals surface area contributed by atoms with E-state index in [0.717, 1.165) is 5.56 Å². The third-order valence-electron chi connectivity index (χ3n) is 3.35. The normalized spacial score (nSPS) is 13.9. The number of carbonyl (C=O) groups is 1. The molecule has 2 aromatic rings. The molecule has 0 bridgehead atoms. The molecule has 0 aliphatic heterocycles. The van der Waals surface area contributed by atoms with Crippen LogP contribution in [-0.4, -0.2) is 21.1 Å². The van der Waals surface area contributed by atoms with Gasteiger partial charge in [-0.15, -0.1) is 4.73 Å². The molecule has 2 N–H and O–H groups in total. The third kappa shape index (κ3) is 3.10. The first-order valence-corrected chi connectivity index (χ1v) is 6.67. The van der Waals surface area contributed by atoms with Crippen LogP contribution in [0.15, 0.2) is 36.4 Å². The van der Waals surface area contributed by atoms with Gasteiger partial charge in [-0.05, 0) is 29.9 Å². The van der Waals surface area contributed by atoms with Gasteiger partial charge in [0, 0.05) is 12.1 Å². The Bertz CT molecular complexity index is 623. The van der Waals surface area contributed by atoms with Crippen LogP contribution >= 0.6 is 0 Å². The summed E-state index contributed by atoms with van der Waals surface area (Å²) in [6.07, 6.45) is 1.47. The number of nitrogens with zero attached hydrogens (tertiary/aromatic N) is 1. The molecule has 0 saturated heterocycles. The van der Waals surface area contributed by atoms with Gasteiger partial charge in [-0.1, -0.05) is 24.3 Å². The van der Waals surface area contributed by atoms with Crippen LogP contribution in [0.2, 0.25) is 0 Å². The summed E-state index contributed by atoms with van der Waals surface area (Å²) < 4.78 is 5.51. The Balaban J connectivity index is 1.53. The predicted molar refractivity (Wildman–Crippen MR) is 72.9 cm³/mol. The number of hydrogen-bond donors (Lipinski definition) is 2. The lowest BCUT2D eigenvalue weighted by Gasteiger charge is -2.08. The standard InChI is InChI=1S/C15H15NO5/c17-13-7-8-14(18)16(13)21-15(19)20-9-10-1-3-11(4-2-10)12-5-6-12/h1-4,7-8,12,17-18H,5-6,9H2. The fourth-order valence-corrected chi connectivity index (χ4v) is 2.04. The molecule has 1 fully saturated rings. The summed E-state index contributed by atoms with van der Waals surface area (Å²) in [5, 5.41) is 18.6. The van der Waals surface area contributed by atoms with Crippen molar-refractivity contribution in [3.63, 3.8) is 0 Å². The van der Waals surface area contributed by atoms with Crippen molar-refractivity contribution in [2.24, 2.45) is 0 Å². The van der Waals surface area contributed by atoms with Crippen LogP contribution in [0.5, 0.6) is 11.8 Å². The first-order chi connectivity index (χ1) is 10.1. The first kappa shape index (κ1) is 13.4. The Hall–Kier alpha value is -2.63. The van der Waals surface area contributed by atoms with E-state index in [-0.39, 0.29) is 6.61 Å². The molecule has 6 nitrogen and oxygen atoms in total. The van der Waals surface area contributed by atoms with Crippen molar-refractivity contribution in [2.45, 2.75) is 25.4 Å². The highest BCUT2D eigenvalue weighted by atomic mass is 16.8. The molecule has 1 heterocycles. The minimum absolute atomic E-state index is 0.0621. The summed E-state index contributed by atoms with van der Waals surface area (Å²) in [5.74, 6) is -0.0962. The van der Waals surface area contributed by atoms with Crippen molar-refractivity contribution in [3.05, 3.63) is 47.5 Å². The van der Waals surface area contributed by atoms with Crippen LogP contribution in [-0.2, 0) is 11.3 Å². The second-order valence-electron chi connectivity index (χ2n) is 4.99. The van der Waals surface area contributed by atoms with Crippen LogP contribution in [0.1, 0.15) is 29.9 Å². The molecule has 21 heavy (non-hydrogen) atoms. The van der Waals surface area contributed by atoms with E-state index in [2.05, 4.69) is 4.84 Å². The van der Waals surface area contributed by atoms with E-state index in [9.17, 15) is 15.0 Å². The van der Waals surface area contributed by atoms with E-state index in [0.29, 0.717) is 10.6 Å². The van der Waals surface area contributed by atoms with Gasteiger partial charge in [0.15, 0.2) is 0 Å². The number of carbonyl (C=O) groups excluding carboxylic acids is 1. The minimum Gasteiger partial charge on any atom is -0.492 e. The maximum absolute atomic E-state index is 11.5. The van der Waals surface area contributed by atoms with E-state index in [4.69, 9.17) is 4.74 Å². The fourth-order valence-electron chi connectivity index (χ4n) is 2.04. The number of benzene rings is 1. The van der Waals surface area contributed by atoms with Gasteiger partial charge in [0.1, 0.15) is 6.61 Å². The molecule has 0 spiro atoms. The Morgan fingerprint density at radius 3 is 2.29 bits per heavy atom. The van der Waals surface area contributed by atoms with Gasteiger partial charge in [0.25, 0.3) is 0 Å². The molecule has 1 aromatic heterocycles. The van der Waals surface area contributed by atoms with Crippen LogP contribution in [0, 0.1) is 0 Å². The molecule has 0 radical (unpaired) electrons. The number of rotatable bonds is 4. The summed E-state index contributed by atoms with van der Waals surface area (Å²) in [4.78, 5) is 16.2. The van der Waals surface area contributed by atoms with E-state index < -0.39 is 17.9 Å². The smallest absolute Gasteiger partial charge is 0.492 e. The molecule has 0 atom stereocenters. The lowest BCUT2D eigenvalue weighted by atomic mass is 10.1. The highest BCUT2D eigenvalue weighted by molar-refractivity contribution is 5.60. The largest absolute Gasteiger partial charge is 0.534 e. The van der Waals surface area contributed by atoms with Gasteiger partial charge in [0.05, 0.1) is 0 Å². The topological polar surface area (TPSA) is 80.9 Å². The number of aromatic nitrogens is 1. The molecular formula is C15H15NO5. The average molecular weight is 289 g/mol. The molecule has 1 aromatic carbocycles. The zero-order chi connectivity index (χ0) is 14.8. The van der Waals surface area contributed by atoms with E-state index >= 15 is 0 Å². The van der Waals surface area contributed by atoms with Gasteiger partial charge in [-0.3, -0.25) is 4.84 Å². The first-order valence-electron chi connectivity index (χ1n) is 6.67. The quantitative estimate of drug-likeness (QED) is 0.845. The SMILES string of the molecule is O=C(OCc1ccc(C2CC2)cc1)On1c(O)ccc1O. The summed E-state index contributed by atoms with van der Waals surface area (Å²) >= 11 is 0. The average Bonchev–Trinajstić information content (AvgIpc) is 3.28. The van der Waals surface area contributed by atoms with Crippen LogP contribution in [0.4, 0.5) is 4.79 Å². The van der Waals surface area contributed by atoms with E-state index in [1.54, 1.807) is 0 Å². The fraction of sp³-hybridized carbons (Fsp3) is 0.267. The second-order valence-corrected chi connectivity index (χ2v) is 4.99. The number of hydrogen-bond acceptors (Lipinski definition) is 5. The van der Waals surface area contributed by atoms with Crippen LogP contribution in [0.25, 0.3) is 0 Å². The summed E-state index contributed by atoms with van der Waals surface area (Å²) in [7, 11) is 0. The molecule has 6 heteroatoms. The summed E-state index contributed by atoms with van der Waals surface area (Å²) in [6, 6.07) is 10.3. The van der Waals surface area contributed by atoms with E-state index in [1.807, 2.05) is 24.3 Å². The Morgan fingerprint density at radius 1 is 1.10 bits per heavy atom. The van der Waals surface area contributed by atoms with Crippen LogP contribution < -0.4 is 4.84 Å². The molecule has 0 unspecified atom stereocenters. The third-order valence-corrected chi connectivity index (χ3v) is 3.35. The Labute approximate surface area is 121 Å². The van der Waals surface area contributed by atoms with E-state index in [1.165, 1.54) is 30.5 Å². The highest BCUT2D eigenvalue weighted by Crippen LogP contribution is 2.39. The zero-order valence-corrected chi connectivity index (χ0v) is 11.2.